The number of anilines is 1. The number of nitrogens with two attached hydrogens (primary N) is 1. The number of carbonyl (C=O) groups excluding carboxylic acids is 2. The maximum absolute atomic E-state index is 13.1. The lowest BCUT2D eigenvalue weighted by molar-refractivity contribution is -0.142. The molecule has 3 rings (SSSR count). The molecule has 0 saturated heterocycles. The molecule has 1 atom stereocenters. The van der Waals surface area contributed by atoms with E-state index in [1.807, 2.05) is 6.07 Å². The third-order valence-electron chi connectivity index (χ3n) is 4.42. The Kier molecular flexibility index (Phi) is 4.95. The molecule has 3 N–H and O–H groups in total. The molecule has 9 heteroatoms. The SMILES string of the molecule is COCCOC(=O)C1=C(C)OC(N)=C(C#N)[C@]12C(=O)Nc1ccc(Br)cc12. The molecule has 2 aliphatic rings. The van der Waals surface area contributed by atoms with Crippen molar-refractivity contribution >= 4 is 33.5 Å². The summed E-state index contributed by atoms with van der Waals surface area (Å²) >= 11 is 3.37. The minimum absolute atomic E-state index is 0.0176. The van der Waals surface area contributed by atoms with Crippen molar-refractivity contribution in [1.82, 2.24) is 0 Å². The lowest BCUT2D eigenvalue weighted by atomic mass is 9.68. The molecule has 2 aliphatic heterocycles. The molecule has 0 saturated carbocycles. The van der Waals surface area contributed by atoms with E-state index >= 15 is 0 Å². The van der Waals surface area contributed by atoms with Gasteiger partial charge >= 0.3 is 5.97 Å². The van der Waals surface area contributed by atoms with Gasteiger partial charge in [-0.3, -0.25) is 4.79 Å². The number of esters is 1. The Labute approximate surface area is 163 Å². The highest BCUT2D eigenvalue weighted by molar-refractivity contribution is 9.10. The molecule has 27 heavy (non-hydrogen) atoms. The first-order chi connectivity index (χ1) is 12.9. The summed E-state index contributed by atoms with van der Waals surface area (Å²) < 4.78 is 16.2. The van der Waals surface area contributed by atoms with Gasteiger partial charge in [0.05, 0.1) is 6.61 Å². The van der Waals surface area contributed by atoms with Crippen LogP contribution in [0.1, 0.15) is 12.5 Å². The molecule has 0 fully saturated rings. The lowest BCUT2D eigenvalue weighted by Gasteiger charge is -2.33. The third-order valence-corrected chi connectivity index (χ3v) is 4.92. The van der Waals surface area contributed by atoms with Gasteiger partial charge in [0.25, 0.3) is 0 Å². The highest BCUT2D eigenvalue weighted by Crippen LogP contribution is 2.52. The topological polar surface area (TPSA) is 124 Å². The van der Waals surface area contributed by atoms with Gasteiger partial charge in [-0.05, 0) is 25.1 Å². The molecular formula is C18H16BrN3O5. The number of fused-ring (bicyclic) bond motifs is 2. The molecule has 0 aliphatic carbocycles. The number of allylic oxidation sites excluding steroid dienone is 1. The van der Waals surface area contributed by atoms with E-state index in [-0.39, 0.29) is 36.0 Å². The number of carbonyl (C=O) groups is 2. The Hall–Kier alpha value is -2.83. The average molecular weight is 434 g/mol. The summed E-state index contributed by atoms with van der Waals surface area (Å²) in [6, 6.07) is 7.02. The van der Waals surface area contributed by atoms with Crippen molar-refractivity contribution in [3.05, 3.63) is 51.0 Å². The van der Waals surface area contributed by atoms with E-state index in [9.17, 15) is 14.9 Å². The second-order valence-electron chi connectivity index (χ2n) is 5.91. The molecule has 2 heterocycles. The van der Waals surface area contributed by atoms with Crippen LogP contribution in [0.4, 0.5) is 5.69 Å². The summed E-state index contributed by atoms with van der Waals surface area (Å²) in [6.07, 6.45) is 0. The van der Waals surface area contributed by atoms with Crippen LogP contribution in [0.15, 0.2) is 45.5 Å². The molecule has 1 spiro atoms. The highest BCUT2D eigenvalue weighted by atomic mass is 79.9. The number of nitriles is 1. The summed E-state index contributed by atoms with van der Waals surface area (Å²) in [5.41, 5.74) is 4.81. The number of ether oxygens (including phenoxy) is 3. The molecule has 0 aromatic heterocycles. The monoisotopic (exact) mass is 433 g/mol. The summed E-state index contributed by atoms with van der Waals surface area (Å²) in [4.78, 5) is 26.0. The molecule has 0 radical (unpaired) electrons. The molecule has 1 aromatic rings. The zero-order valence-electron chi connectivity index (χ0n) is 14.6. The van der Waals surface area contributed by atoms with Crippen molar-refractivity contribution in [3.8, 4) is 6.07 Å². The van der Waals surface area contributed by atoms with Crippen LogP contribution in [0.25, 0.3) is 0 Å². The largest absolute Gasteiger partial charge is 0.460 e. The van der Waals surface area contributed by atoms with Gasteiger partial charge in [0.15, 0.2) is 5.41 Å². The second-order valence-corrected chi connectivity index (χ2v) is 6.82. The van der Waals surface area contributed by atoms with Gasteiger partial charge in [0.1, 0.15) is 29.6 Å². The van der Waals surface area contributed by atoms with E-state index in [1.54, 1.807) is 18.2 Å². The van der Waals surface area contributed by atoms with Crippen LogP contribution in [0.3, 0.4) is 0 Å². The van der Waals surface area contributed by atoms with Crippen LogP contribution in [0, 0.1) is 11.3 Å². The van der Waals surface area contributed by atoms with Crippen molar-refractivity contribution in [3.63, 3.8) is 0 Å². The quantitative estimate of drug-likeness (QED) is 0.547. The van der Waals surface area contributed by atoms with Crippen molar-refractivity contribution in [1.29, 1.82) is 5.26 Å². The number of hydrogen-bond acceptors (Lipinski definition) is 7. The molecule has 140 valence electrons. The van der Waals surface area contributed by atoms with E-state index in [2.05, 4.69) is 21.2 Å². The predicted molar refractivity (Wildman–Crippen MR) is 97.9 cm³/mol. The van der Waals surface area contributed by atoms with Crippen LogP contribution in [-0.2, 0) is 29.2 Å². The minimum Gasteiger partial charge on any atom is -0.460 e. The van der Waals surface area contributed by atoms with Gasteiger partial charge < -0.3 is 25.3 Å². The maximum atomic E-state index is 13.1. The van der Waals surface area contributed by atoms with Gasteiger partial charge in [0, 0.05) is 22.8 Å². The molecule has 1 aromatic carbocycles. The smallest absolute Gasteiger partial charge is 0.339 e. The summed E-state index contributed by atoms with van der Waals surface area (Å²) in [5.74, 6) is -1.49. The number of benzene rings is 1. The summed E-state index contributed by atoms with van der Waals surface area (Å²) in [5, 5.41) is 12.5. The van der Waals surface area contributed by atoms with Crippen molar-refractivity contribution in [2.45, 2.75) is 12.3 Å². The van der Waals surface area contributed by atoms with E-state index in [0.717, 1.165) is 0 Å². The minimum atomic E-state index is -1.75. The molecular weight excluding hydrogens is 418 g/mol. The fourth-order valence-corrected chi connectivity index (χ4v) is 3.70. The van der Waals surface area contributed by atoms with E-state index in [0.29, 0.717) is 15.7 Å². The molecule has 0 bridgehead atoms. The van der Waals surface area contributed by atoms with Crippen molar-refractivity contribution in [2.75, 3.05) is 25.6 Å². The summed E-state index contributed by atoms with van der Waals surface area (Å²) in [7, 11) is 1.47. The first-order valence-electron chi connectivity index (χ1n) is 7.95. The number of halogens is 1. The maximum Gasteiger partial charge on any atom is 0.339 e. The van der Waals surface area contributed by atoms with Gasteiger partial charge in [-0.2, -0.15) is 5.26 Å². The zero-order valence-corrected chi connectivity index (χ0v) is 16.2. The fourth-order valence-electron chi connectivity index (χ4n) is 3.34. The highest BCUT2D eigenvalue weighted by Gasteiger charge is 2.59. The Bertz CT molecular complexity index is 947. The Morgan fingerprint density at radius 1 is 1.44 bits per heavy atom. The van der Waals surface area contributed by atoms with Crippen molar-refractivity contribution < 1.29 is 23.8 Å². The first-order valence-corrected chi connectivity index (χ1v) is 8.74. The normalized spacial score (nSPS) is 20.9. The zero-order chi connectivity index (χ0) is 19.8. The molecule has 8 nitrogen and oxygen atoms in total. The van der Waals surface area contributed by atoms with Crippen LogP contribution >= 0.6 is 15.9 Å². The Morgan fingerprint density at radius 2 is 2.19 bits per heavy atom. The summed E-state index contributed by atoms with van der Waals surface area (Å²) in [6.45, 7) is 1.67. The number of nitrogens with one attached hydrogen (secondary N) is 1. The van der Waals surface area contributed by atoms with E-state index < -0.39 is 17.3 Å². The van der Waals surface area contributed by atoms with Gasteiger partial charge in [-0.15, -0.1) is 0 Å². The van der Waals surface area contributed by atoms with E-state index in [4.69, 9.17) is 19.9 Å². The number of amides is 1. The van der Waals surface area contributed by atoms with Gasteiger partial charge in [-0.1, -0.05) is 15.9 Å². The Balaban J connectivity index is 2.26. The van der Waals surface area contributed by atoms with E-state index in [1.165, 1.54) is 14.0 Å². The first kappa shape index (κ1) is 18.9. The average Bonchev–Trinajstić information content (AvgIpc) is 2.88. The van der Waals surface area contributed by atoms with Gasteiger partial charge in [0.2, 0.25) is 11.8 Å². The second kappa shape index (κ2) is 7.06. The number of nitrogens with zero attached hydrogens (tertiary/aromatic N) is 1. The lowest BCUT2D eigenvalue weighted by Crippen LogP contribution is -2.45. The fraction of sp³-hybridized carbons (Fsp3) is 0.278. The Morgan fingerprint density at radius 3 is 2.85 bits per heavy atom. The van der Waals surface area contributed by atoms with Crippen LogP contribution in [-0.4, -0.2) is 32.2 Å². The molecule has 1 amide bonds. The predicted octanol–water partition coefficient (Wildman–Crippen LogP) is 1.83. The van der Waals surface area contributed by atoms with Crippen molar-refractivity contribution in [2.24, 2.45) is 5.73 Å². The van der Waals surface area contributed by atoms with Crippen LogP contribution in [0.5, 0.6) is 0 Å². The number of methoxy groups -OCH3 is 1. The third kappa shape index (κ3) is 2.78. The molecule has 0 unspecified atom stereocenters. The van der Waals surface area contributed by atoms with Gasteiger partial charge in [-0.25, -0.2) is 4.79 Å². The van der Waals surface area contributed by atoms with Crippen LogP contribution < -0.4 is 11.1 Å². The standard InChI is InChI=1S/C18H16BrN3O5/c1-9-14(16(23)26-6-5-25-2)18(12(8-20)15(21)27-9)11-7-10(19)3-4-13(11)22-17(18)24/h3-4,7H,5-6,21H2,1-2H3,(H,22,24)/t18-/m0/s1. The van der Waals surface area contributed by atoms with Crippen LogP contribution in [0.2, 0.25) is 0 Å². The number of rotatable bonds is 4. The number of hydrogen-bond donors (Lipinski definition) is 2.